The summed E-state index contributed by atoms with van der Waals surface area (Å²) in [6.07, 6.45) is 2.94. The van der Waals surface area contributed by atoms with Crippen LogP contribution in [0.15, 0.2) is 24.3 Å². The van der Waals surface area contributed by atoms with Crippen LogP contribution in [-0.2, 0) is 9.53 Å². The Hall–Kier alpha value is -1.92. The van der Waals surface area contributed by atoms with Gasteiger partial charge in [0.1, 0.15) is 0 Å². The van der Waals surface area contributed by atoms with E-state index in [1.807, 2.05) is 0 Å². The van der Waals surface area contributed by atoms with E-state index in [1.54, 1.807) is 31.4 Å². The molecule has 0 radical (unpaired) electrons. The van der Waals surface area contributed by atoms with Crippen LogP contribution in [0.25, 0.3) is 0 Å². The molecule has 0 heterocycles. The summed E-state index contributed by atoms with van der Waals surface area (Å²) in [6.45, 7) is 4.44. The number of amides is 2. The molecule has 0 aliphatic carbocycles. The van der Waals surface area contributed by atoms with Crippen molar-refractivity contribution in [2.75, 3.05) is 38.7 Å². The van der Waals surface area contributed by atoms with E-state index in [-0.39, 0.29) is 11.8 Å². The molecule has 0 fully saturated rings. The van der Waals surface area contributed by atoms with Crippen LogP contribution in [0, 0.1) is 0 Å². The first-order valence-corrected chi connectivity index (χ1v) is 8.05. The Bertz CT molecular complexity index is 474. The van der Waals surface area contributed by atoms with Crippen LogP contribution < -0.4 is 16.0 Å². The van der Waals surface area contributed by atoms with Crippen molar-refractivity contribution in [1.82, 2.24) is 10.6 Å². The number of rotatable bonds is 11. The summed E-state index contributed by atoms with van der Waals surface area (Å²) < 4.78 is 4.93. The minimum Gasteiger partial charge on any atom is -0.385 e. The number of ether oxygens (including phenoxy) is 1. The normalized spacial score (nSPS) is 10.3. The molecule has 6 heteroatoms. The maximum absolute atomic E-state index is 11.9. The minimum absolute atomic E-state index is 0.0853. The molecule has 0 atom stereocenters. The topological polar surface area (TPSA) is 79.5 Å². The van der Waals surface area contributed by atoms with Crippen LogP contribution in [0.5, 0.6) is 0 Å². The Balaban J connectivity index is 2.34. The summed E-state index contributed by atoms with van der Waals surface area (Å²) in [7, 11) is 1.63. The van der Waals surface area contributed by atoms with Gasteiger partial charge in [-0.25, -0.2) is 0 Å². The van der Waals surface area contributed by atoms with Crippen LogP contribution >= 0.6 is 0 Å². The van der Waals surface area contributed by atoms with Crippen molar-refractivity contribution in [3.8, 4) is 0 Å². The van der Waals surface area contributed by atoms with Gasteiger partial charge in [0.2, 0.25) is 5.91 Å². The third-order valence-corrected chi connectivity index (χ3v) is 3.23. The molecule has 2 amide bonds. The lowest BCUT2D eigenvalue weighted by Crippen LogP contribution is -2.28. The van der Waals surface area contributed by atoms with Gasteiger partial charge in [-0.05, 0) is 43.7 Å². The van der Waals surface area contributed by atoms with E-state index in [0.717, 1.165) is 25.8 Å². The van der Waals surface area contributed by atoms with Gasteiger partial charge in [-0.2, -0.15) is 0 Å². The summed E-state index contributed by atoms with van der Waals surface area (Å²) in [5, 5.41) is 8.70. The molecule has 0 aromatic heterocycles. The first-order chi connectivity index (χ1) is 11.2. The van der Waals surface area contributed by atoms with E-state index >= 15 is 0 Å². The fraction of sp³-hybridized carbons (Fsp3) is 0.529. The molecule has 0 unspecified atom stereocenters. The van der Waals surface area contributed by atoms with E-state index in [2.05, 4.69) is 22.9 Å². The molecule has 0 aliphatic heterocycles. The monoisotopic (exact) mass is 321 g/mol. The summed E-state index contributed by atoms with van der Waals surface area (Å²) >= 11 is 0. The maximum Gasteiger partial charge on any atom is 0.251 e. The zero-order chi connectivity index (χ0) is 16.9. The first kappa shape index (κ1) is 19.1. The average molecular weight is 321 g/mol. The molecule has 1 aromatic rings. The van der Waals surface area contributed by atoms with Crippen molar-refractivity contribution in [3.05, 3.63) is 29.8 Å². The molecular weight excluding hydrogens is 294 g/mol. The van der Waals surface area contributed by atoms with Gasteiger partial charge < -0.3 is 20.7 Å². The van der Waals surface area contributed by atoms with Gasteiger partial charge in [0.25, 0.3) is 5.91 Å². The predicted molar refractivity (Wildman–Crippen MR) is 91.7 cm³/mol. The Labute approximate surface area is 138 Å². The lowest BCUT2D eigenvalue weighted by atomic mass is 10.2. The van der Waals surface area contributed by atoms with Gasteiger partial charge in [-0.3, -0.25) is 9.59 Å². The van der Waals surface area contributed by atoms with Gasteiger partial charge >= 0.3 is 0 Å². The zero-order valence-electron chi connectivity index (χ0n) is 14.0. The highest BCUT2D eigenvalue weighted by Gasteiger charge is 2.06. The fourth-order valence-corrected chi connectivity index (χ4v) is 1.93. The minimum atomic E-state index is -0.125. The smallest absolute Gasteiger partial charge is 0.251 e. The number of nitrogens with one attached hydrogen (secondary N) is 3. The zero-order valence-corrected chi connectivity index (χ0v) is 14.0. The Morgan fingerprint density at radius 1 is 1.09 bits per heavy atom. The molecule has 3 N–H and O–H groups in total. The number of carbonyl (C=O) groups is 2. The Kier molecular flexibility index (Phi) is 9.66. The second-order valence-corrected chi connectivity index (χ2v) is 5.26. The molecular formula is C17H27N3O3. The van der Waals surface area contributed by atoms with Crippen molar-refractivity contribution in [2.45, 2.75) is 26.2 Å². The van der Waals surface area contributed by atoms with E-state index in [0.29, 0.717) is 30.9 Å². The third kappa shape index (κ3) is 8.32. The summed E-state index contributed by atoms with van der Waals surface area (Å²) in [5.74, 6) is -0.210. The molecule has 6 nitrogen and oxygen atoms in total. The highest BCUT2D eigenvalue weighted by Crippen LogP contribution is 2.09. The quantitative estimate of drug-likeness (QED) is 0.543. The average Bonchev–Trinajstić information content (AvgIpc) is 2.56. The van der Waals surface area contributed by atoms with Crippen molar-refractivity contribution >= 4 is 17.5 Å². The summed E-state index contributed by atoms with van der Waals surface area (Å²) in [4.78, 5) is 23.6. The molecule has 23 heavy (non-hydrogen) atoms. The van der Waals surface area contributed by atoms with Crippen LogP contribution in [0.4, 0.5) is 5.69 Å². The van der Waals surface area contributed by atoms with Gasteiger partial charge in [0.05, 0.1) is 6.54 Å². The van der Waals surface area contributed by atoms with Gasteiger partial charge in [0.15, 0.2) is 0 Å². The van der Waals surface area contributed by atoms with Crippen LogP contribution in [0.1, 0.15) is 36.5 Å². The highest BCUT2D eigenvalue weighted by atomic mass is 16.5. The number of methoxy groups -OCH3 is 1. The van der Waals surface area contributed by atoms with Gasteiger partial charge in [-0.1, -0.05) is 13.3 Å². The van der Waals surface area contributed by atoms with Crippen LogP contribution in [-0.4, -0.2) is 45.2 Å². The van der Waals surface area contributed by atoms with Gasteiger partial charge in [0, 0.05) is 31.5 Å². The fourth-order valence-electron chi connectivity index (χ4n) is 1.93. The number of hydrogen-bond donors (Lipinski definition) is 3. The molecule has 0 saturated heterocycles. The molecule has 1 aromatic carbocycles. The lowest BCUT2D eigenvalue weighted by molar-refractivity contribution is -0.115. The van der Waals surface area contributed by atoms with Crippen molar-refractivity contribution in [3.63, 3.8) is 0 Å². The molecule has 128 valence electrons. The molecule has 0 spiro atoms. The van der Waals surface area contributed by atoms with E-state index < -0.39 is 0 Å². The van der Waals surface area contributed by atoms with Crippen LogP contribution in [0.3, 0.4) is 0 Å². The van der Waals surface area contributed by atoms with Crippen LogP contribution in [0.2, 0.25) is 0 Å². The maximum atomic E-state index is 11.9. The molecule has 0 bridgehead atoms. The van der Waals surface area contributed by atoms with E-state index in [1.165, 1.54) is 0 Å². The van der Waals surface area contributed by atoms with Crippen molar-refractivity contribution in [2.24, 2.45) is 0 Å². The Morgan fingerprint density at radius 3 is 2.48 bits per heavy atom. The number of hydrogen-bond acceptors (Lipinski definition) is 4. The highest BCUT2D eigenvalue weighted by molar-refractivity contribution is 5.96. The Morgan fingerprint density at radius 2 is 1.83 bits per heavy atom. The molecule has 1 rings (SSSR count). The van der Waals surface area contributed by atoms with E-state index in [4.69, 9.17) is 4.74 Å². The number of anilines is 1. The number of unbranched alkanes of at least 4 members (excludes halogenated alkanes) is 1. The standard InChI is InChI=1S/C17H27N3O3/c1-3-4-10-18-13-16(21)20-15-8-6-14(7-9-15)17(22)19-11-5-12-23-2/h6-9,18H,3-5,10-13H2,1-2H3,(H,19,22)(H,20,21). The predicted octanol–water partition coefficient (Wildman–Crippen LogP) is 1.78. The molecule has 0 aliphatic rings. The third-order valence-electron chi connectivity index (χ3n) is 3.23. The number of carbonyl (C=O) groups excluding carboxylic acids is 2. The van der Waals surface area contributed by atoms with Crippen molar-refractivity contribution < 1.29 is 14.3 Å². The summed E-state index contributed by atoms with van der Waals surface area (Å²) in [6, 6.07) is 6.86. The molecule has 0 saturated carbocycles. The number of benzene rings is 1. The SMILES string of the molecule is CCCCNCC(=O)Nc1ccc(C(=O)NCCCOC)cc1. The largest absolute Gasteiger partial charge is 0.385 e. The van der Waals surface area contributed by atoms with Crippen molar-refractivity contribution in [1.29, 1.82) is 0 Å². The van der Waals surface area contributed by atoms with E-state index in [9.17, 15) is 9.59 Å². The second-order valence-electron chi connectivity index (χ2n) is 5.26. The lowest BCUT2D eigenvalue weighted by Gasteiger charge is -2.08. The second kappa shape index (κ2) is 11.6. The summed E-state index contributed by atoms with van der Waals surface area (Å²) in [5.41, 5.74) is 1.25. The first-order valence-electron chi connectivity index (χ1n) is 8.05. The van der Waals surface area contributed by atoms with Gasteiger partial charge in [-0.15, -0.1) is 0 Å².